The summed E-state index contributed by atoms with van der Waals surface area (Å²) in [5.74, 6) is 2.13. The van der Waals surface area contributed by atoms with Crippen molar-refractivity contribution in [2.24, 2.45) is 0 Å². The molecule has 0 radical (unpaired) electrons. The second kappa shape index (κ2) is 6.68. The lowest BCUT2D eigenvalue weighted by Crippen LogP contribution is -2.06. The maximum atomic E-state index is 11.6. The number of aryl methyl sites for hydroxylation is 1. The van der Waals surface area contributed by atoms with Crippen molar-refractivity contribution in [3.8, 4) is 11.4 Å². The van der Waals surface area contributed by atoms with E-state index in [1.54, 1.807) is 36.1 Å². The van der Waals surface area contributed by atoms with Crippen molar-refractivity contribution < 1.29 is 13.2 Å². The lowest BCUT2D eigenvalue weighted by atomic mass is 10.1. The third-order valence-corrected chi connectivity index (χ3v) is 4.94. The van der Waals surface area contributed by atoms with Crippen LogP contribution in [0.2, 0.25) is 0 Å². The van der Waals surface area contributed by atoms with E-state index >= 15 is 0 Å². The number of methoxy groups -OCH3 is 1. The second-order valence-electron chi connectivity index (χ2n) is 5.75. The zero-order chi connectivity index (χ0) is 18.0. The Morgan fingerprint density at radius 3 is 2.40 bits per heavy atom. The summed E-state index contributed by atoms with van der Waals surface area (Å²) in [6.07, 6.45) is 1.73. The highest BCUT2D eigenvalue weighted by Crippen LogP contribution is 2.23. The van der Waals surface area contributed by atoms with Gasteiger partial charge >= 0.3 is 0 Å². The molecule has 0 aliphatic carbocycles. The standard InChI is InChI=1S/C18H19N3O3S/c1-13-19-18(12-14-8-10-15(11-9-14)25(3,22)23)21(20-13)16-6-4-5-7-17(16)24-2/h4-11H,12H2,1-3H3. The predicted octanol–water partition coefficient (Wildman–Crippen LogP) is 2.58. The molecule has 1 heterocycles. The van der Waals surface area contributed by atoms with Crippen LogP contribution in [0.25, 0.3) is 5.69 Å². The molecule has 0 saturated carbocycles. The summed E-state index contributed by atoms with van der Waals surface area (Å²) in [7, 11) is -1.58. The van der Waals surface area contributed by atoms with Gasteiger partial charge in [0.05, 0.1) is 12.0 Å². The van der Waals surface area contributed by atoms with Gasteiger partial charge in [-0.15, -0.1) is 0 Å². The van der Waals surface area contributed by atoms with Crippen LogP contribution in [0.3, 0.4) is 0 Å². The number of aromatic nitrogens is 3. The first-order valence-corrected chi connectivity index (χ1v) is 9.62. The highest BCUT2D eigenvalue weighted by Gasteiger charge is 2.14. The third kappa shape index (κ3) is 3.71. The lowest BCUT2D eigenvalue weighted by molar-refractivity contribution is 0.411. The minimum atomic E-state index is -3.20. The minimum Gasteiger partial charge on any atom is -0.494 e. The number of nitrogens with zero attached hydrogens (tertiary/aromatic N) is 3. The van der Waals surface area contributed by atoms with Crippen molar-refractivity contribution in [1.29, 1.82) is 0 Å². The maximum Gasteiger partial charge on any atom is 0.175 e. The molecule has 1 aromatic heterocycles. The molecule has 0 aliphatic rings. The lowest BCUT2D eigenvalue weighted by Gasteiger charge is -2.10. The predicted molar refractivity (Wildman–Crippen MR) is 95.0 cm³/mol. The van der Waals surface area contributed by atoms with E-state index in [9.17, 15) is 8.42 Å². The highest BCUT2D eigenvalue weighted by molar-refractivity contribution is 7.90. The van der Waals surface area contributed by atoms with Crippen LogP contribution in [-0.2, 0) is 16.3 Å². The zero-order valence-corrected chi connectivity index (χ0v) is 15.1. The van der Waals surface area contributed by atoms with Crippen molar-refractivity contribution >= 4 is 9.84 Å². The van der Waals surface area contributed by atoms with Crippen LogP contribution >= 0.6 is 0 Å². The fourth-order valence-electron chi connectivity index (χ4n) is 2.61. The number of ether oxygens (including phenoxy) is 1. The van der Waals surface area contributed by atoms with Crippen LogP contribution in [-0.4, -0.2) is 36.5 Å². The summed E-state index contributed by atoms with van der Waals surface area (Å²) in [6.45, 7) is 1.84. The SMILES string of the molecule is COc1ccccc1-n1nc(C)nc1Cc1ccc(S(C)(=O)=O)cc1. The normalized spacial score (nSPS) is 11.5. The number of rotatable bonds is 5. The van der Waals surface area contributed by atoms with Gasteiger partial charge in [-0.2, -0.15) is 5.10 Å². The van der Waals surface area contributed by atoms with Gasteiger partial charge in [0.1, 0.15) is 23.1 Å². The van der Waals surface area contributed by atoms with E-state index in [1.165, 1.54) is 6.26 Å². The molecule has 0 fully saturated rings. The molecular weight excluding hydrogens is 338 g/mol. The fraction of sp³-hybridized carbons (Fsp3) is 0.222. The molecule has 6 nitrogen and oxygen atoms in total. The van der Waals surface area contributed by atoms with Crippen LogP contribution in [0.15, 0.2) is 53.4 Å². The second-order valence-corrected chi connectivity index (χ2v) is 7.77. The van der Waals surface area contributed by atoms with Gasteiger partial charge in [0.25, 0.3) is 0 Å². The molecule has 0 aliphatic heterocycles. The van der Waals surface area contributed by atoms with E-state index in [0.717, 1.165) is 17.1 Å². The molecule has 25 heavy (non-hydrogen) atoms. The average molecular weight is 357 g/mol. The van der Waals surface area contributed by atoms with Gasteiger partial charge in [-0.05, 0) is 36.8 Å². The Kier molecular flexibility index (Phi) is 4.59. The van der Waals surface area contributed by atoms with E-state index in [0.29, 0.717) is 22.9 Å². The van der Waals surface area contributed by atoms with Gasteiger partial charge in [0.2, 0.25) is 0 Å². The van der Waals surface area contributed by atoms with Crippen molar-refractivity contribution in [1.82, 2.24) is 14.8 Å². The van der Waals surface area contributed by atoms with Gasteiger partial charge in [-0.1, -0.05) is 24.3 Å². The number of para-hydroxylation sites is 2. The van der Waals surface area contributed by atoms with E-state index in [2.05, 4.69) is 10.1 Å². The molecule has 0 spiro atoms. The molecule has 0 atom stereocenters. The largest absolute Gasteiger partial charge is 0.494 e. The Balaban J connectivity index is 1.97. The maximum absolute atomic E-state index is 11.6. The van der Waals surface area contributed by atoms with Crippen molar-refractivity contribution in [2.75, 3.05) is 13.4 Å². The minimum absolute atomic E-state index is 0.304. The van der Waals surface area contributed by atoms with Gasteiger partial charge in [0, 0.05) is 12.7 Å². The molecule has 3 rings (SSSR count). The average Bonchev–Trinajstić information content (AvgIpc) is 2.94. The van der Waals surface area contributed by atoms with Crippen LogP contribution in [0.4, 0.5) is 0 Å². The summed E-state index contributed by atoms with van der Waals surface area (Å²) < 4.78 is 30.3. The number of benzene rings is 2. The van der Waals surface area contributed by atoms with Crippen LogP contribution in [0.5, 0.6) is 5.75 Å². The van der Waals surface area contributed by atoms with Gasteiger partial charge in [-0.3, -0.25) is 0 Å². The summed E-state index contributed by atoms with van der Waals surface area (Å²) in [6, 6.07) is 14.4. The molecule has 7 heteroatoms. The molecule has 0 unspecified atom stereocenters. The summed E-state index contributed by atoms with van der Waals surface area (Å²) in [5.41, 5.74) is 1.77. The zero-order valence-electron chi connectivity index (χ0n) is 14.3. The Morgan fingerprint density at radius 1 is 1.08 bits per heavy atom. The van der Waals surface area contributed by atoms with E-state index in [4.69, 9.17) is 4.74 Å². The Morgan fingerprint density at radius 2 is 1.76 bits per heavy atom. The number of hydrogen-bond donors (Lipinski definition) is 0. The van der Waals surface area contributed by atoms with Gasteiger partial charge in [0.15, 0.2) is 9.84 Å². The van der Waals surface area contributed by atoms with Crippen molar-refractivity contribution in [3.63, 3.8) is 0 Å². The van der Waals surface area contributed by atoms with Gasteiger partial charge < -0.3 is 4.74 Å². The first-order chi connectivity index (χ1) is 11.9. The van der Waals surface area contributed by atoms with Crippen LogP contribution in [0.1, 0.15) is 17.2 Å². The number of sulfone groups is 1. The quantitative estimate of drug-likeness (QED) is 0.702. The van der Waals surface area contributed by atoms with E-state index in [-0.39, 0.29) is 0 Å². The summed E-state index contributed by atoms with van der Waals surface area (Å²) >= 11 is 0. The molecule has 0 saturated heterocycles. The molecule has 0 bridgehead atoms. The monoisotopic (exact) mass is 357 g/mol. The molecule has 130 valence electrons. The molecule has 0 N–H and O–H groups in total. The van der Waals surface area contributed by atoms with E-state index < -0.39 is 9.84 Å². The molecular formula is C18H19N3O3S. The molecule has 0 amide bonds. The first-order valence-electron chi connectivity index (χ1n) is 7.73. The summed E-state index contributed by atoms with van der Waals surface area (Å²) in [4.78, 5) is 4.81. The number of hydrogen-bond acceptors (Lipinski definition) is 5. The third-order valence-electron chi connectivity index (χ3n) is 3.81. The molecule has 3 aromatic rings. The highest BCUT2D eigenvalue weighted by atomic mass is 32.2. The molecule has 2 aromatic carbocycles. The Labute approximate surface area is 147 Å². The van der Waals surface area contributed by atoms with Gasteiger partial charge in [-0.25, -0.2) is 18.1 Å². The fourth-order valence-corrected chi connectivity index (χ4v) is 3.24. The van der Waals surface area contributed by atoms with Crippen molar-refractivity contribution in [3.05, 3.63) is 65.7 Å². The van der Waals surface area contributed by atoms with Crippen molar-refractivity contribution in [2.45, 2.75) is 18.2 Å². The summed E-state index contributed by atoms with van der Waals surface area (Å²) in [5, 5.41) is 4.47. The van der Waals surface area contributed by atoms with E-state index in [1.807, 2.05) is 31.2 Å². The van der Waals surface area contributed by atoms with Crippen LogP contribution in [0, 0.1) is 6.92 Å². The first kappa shape index (κ1) is 17.2. The smallest absolute Gasteiger partial charge is 0.175 e. The van der Waals surface area contributed by atoms with Crippen LogP contribution < -0.4 is 4.74 Å². The Hall–Kier alpha value is -2.67. The Bertz CT molecular complexity index is 993. The topological polar surface area (TPSA) is 74.1 Å².